The predicted molar refractivity (Wildman–Crippen MR) is 77.4 cm³/mol. The van der Waals surface area contributed by atoms with Crippen LogP contribution in [0, 0.1) is 0 Å². The zero-order chi connectivity index (χ0) is 13.8. The summed E-state index contributed by atoms with van der Waals surface area (Å²) < 4.78 is 6.00. The van der Waals surface area contributed by atoms with Gasteiger partial charge in [-0.15, -0.1) is 0 Å². The predicted octanol–water partition coefficient (Wildman–Crippen LogP) is 3.09. The normalized spacial score (nSPS) is 10.6. The Labute approximate surface area is 118 Å². The van der Waals surface area contributed by atoms with E-state index in [9.17, 15) is 9.59 Å². The van der Waals surface area contributed by atoms with Crippen LogP contribution in [-0.2, 0) is 0 Å². The smallest absolute Gasteiger partial charge is 0.349 e. The summed E-state index contributed by atoms with van der Waals surface area (Å²) in [5.41, 5.74) is -0.0937. The third kappa shape index (κ3) is 3.23. The van der Waals surface area contributed by atoms with E-state index >= 15 is 0 Å². The molecule has 2 rings (SSSR count). The molecule has 0 unspecified atom stereocenters. The summed E-state index contributed by atoms with van der Waals surface area (Å²) in [4.78, 5) is 23.6. The standard InChI is InChI=1S/C14H14BrNO3/c1-2-3-6-16-13(17)11-8-9-7-10(15)4-5-12(9)19-14(11)18/h4-5,7-8H,2-3,6H2,1H3,(H,16,17). The number of unbranched alkanes of at least 4 members (excludes halogenated alkanes) is 1. The van der Waals surface area contributed by atoms with Crippen LogP contribution < -0.4 is 10.9 Å². The van der Waals surface area contributed by atoms with Gasteiger partial charge in [-0.25, -0.2) is 4.79 Å². The summed E-state index contributed by atoms with van der Waals surface area (Å²) in [6.45, 7) is 2.60. The second kappa shape index (κ2) is 6.02. The molecule has 0 bridgehead atoms. The lowest BCUT2D eigenvalue weighted by Gasteiger charge is -2.04. The molecule has 0 aliphatic rings. The van der Waals surface area contributed by atoms with Gasteiger partial charge in [0.2, 0.25) is 0 Å². The molecular weight excluding hydrogens is 310 g/mol. The Kier molecular flexibility index (Phi) is 4.37. The second-order valence-corrected chi connectivity index (χ2v) is 5.15. The van der Waals surface area contributed by atoms with E-state index in [0.717, 1.165) is 22.7 Å². The number of hydrogen-bond acceptors (Lipinski definition) is 3. The molecule has 0 atom stereocenters. The molecule has 0 spiro atoms. The fourth-order valence-corrected chi connectivity index (χ4v) is 2.11. The van der Waals surface area contributed by atoms with Crippen LogP contribution in [-0.4, -0.2) is 12.5 Å². The van der Waals surface area contributed by atoms with E-state index in [1.807, 2.05) is 6.92 Å². The van der Waals surface area contributed by atoms with Crippen molar-refractivity contribution in [1.82, 2.24) is 5.32 Å². The first-order valence-corrected chi connectivity index (χ1v) is 6.92. The number of hydrogen-bond donors (Lipinski definition) is 1. The van der Waals surface area contributed by atoms with Gasteiger partial charge in [-0.3, -0.25) is 4.79 Å². The molecule has 1 aromatic carbocycles. The van der Waals surface area contributed by atoms with E-state index in [4.69, 9.17) is 4.42 Å². The van der Waals surface area contributed by atoms with Gasteiger partial charge in [0.25, 0.3) is 5.91 Å². The molecule has 1 heterocycles. The summed E-state index contributed by atoms with van der Waals surface area (Å²) in [5.74, 6) is -0.385. The molecule has 1 aromatic heterocycles. The van der Waals surface area contributed by atoms with Crippen LogP contribution in [0.2, 0.25) is 0 Å². The van der Waals surface area contributed by atoms with Crippen molar-refractivity contribution in [1.29, 1.82) is 0 Å². The van der Waals surface area contributed by atoms with Crippen molar-refractivity contribution >= 4 is 32.8 Å². The maximum Gasteiger partial charge on any atom is 0.349 e. The zero-order valence-electron chi connectivity index (χ0n) is 10.5. The molecule has 0 saturated heterocycles. The number of amides is 1. The van der Waals surface area contributed by atoms with E-state index in [1.54, 1.807) is 24.3 Å². The van der Waals surface area contributed by atoms with Gasteiger partial charge >= 0.3 is 5.63 Å². The van der Waals surface area contributed by atoms with Gasteiger partial charge in [0.05, 0.1) is 0 Å². The molecule has 100 valence electrons. The third-order valence-electron chi connectivity index (χ3n) is 2.75. The maximum atomic E-state index is 11.9. The summed E-state index contributed by atoms with van der Waals surface area (Å²) in [7, 11) is 0. The van der Waals surface area contributed by atoms with Crippen molar-refractivity contribution < 1.29 is 9.21 Å². The molecule has 2 aromatic rings. The maximum absolute atomic E-state index is 11.9. The van der Waals surface area contributed by atoms with Gasteiger partial charge in [0.1, 0.15) is 11.1 Å². The molecule has 0 aliphatic carbocycles. The summed E-state index contributed by atoms with van der Waals surface area (Å²) in [6.07, 6.45) is 1.87. The minimum absolute atomic E-state index is 0.0432. The average molecular weight is 324 g/mol. The van der Waals surface area contributed by atoms with Crippen LogP contribution >= 0.6 is 15.9 Å². The Morgan fingerprint density at radius 2 is 2.16 bits per heavy atom. The minimum Gasteiger partial charge on any atom is -0.422 e. The van der Waals surface area contributed by atoms with E-state index in [-0.39, 0.29) is 11.5 Å². The van der Waals surface area contributed by atoms with Crippen LogP contribution in [0.15, 0.2) is 37.9 Å². The number of benzene rings is 1. The Hall–Kier alpha value is -1.62. The number of carbonyl (C=O) groups is 1. The van der Waals surface area contributed by atoms with E-state index in [2.05, 4.69) is 21.2 Å². The quantitative estimate of drug-likeness (QED) is 0.694. The number of fused-ring (bicyclic) bond motifs is 1. The minimum atomic E-state index is -0.608. The average Bonchev–Trinajstić information content (AvgIpc) is 2.38. The number of carbonyl (C=O) groups excluding carboxylic acids is 1. The summed E-state index contributed by atoms with van der Waals surface area (Å²) >= 11 is 3.34. The highest BCUT2D eigenvalue weighted by Crippen LogP contribution is 2.19. The Morgan fingerprint density at radius 1 is 1.37 bits per heavy atom. The van der Waals surface area contributed by atoms with Crippen molar-refractivity contribution in [3.05, 3.63) is 44.7 Å². The highest BCUT2D eigenvalue weighted by Gasteiger charge is 2.13. The topological polar surface area (TPSA) is 59.3 Å². The Bertz CT molecular complexity index is 663. The Morgan fingerprint density at radius 3 is 2.89 bits per heavy atom. The van der Waals surface area contributed by atoms with E-state index in [1.165, 1.54) is 0 Å². The van der Waals surface area contributed by atoms with Crippen molar-refractivity contribution in [2.75, 3.05) is 6.54 Å². The summed E-state index contributed by atoms with van der Waals surface area (Å²) in [6, 6.07) is 6.85. The number of nitrogens with one attached hydrogen (secondary N) is 1. The first-order chi connectivity index (χ1) is 9.11. The van der Waals surface area contributed by atoms with Gasteiger partial charge < -0.3 is 9.73 Å². The van der Waals surface area contributed by atoms with Crippen molar-refractivity contribution in [3.63, 3.8) is 0 Å². The molecule has 0 fully saturated rings. The first-order valence-electron chi connectivity index (χ1n) is 6.13. The first kappa shape index (κ1) is 13.8. The van der Waals surface area contributed by atoms with Crippen LogP contribution in [0.1, 0.15) is 30.1 Å². The van der Waals surface area contributed by atoms with Crippen molar-refractivity contribution in [3.8, 4) is 0 Å². The SMILES string of the molecule is CCCCNC(=O)c1cc2cc(Br)ccc2oc1=O. The van der Waals surface area contributed by atoms with Gasteiger partial charge in [-0.2, -0.15) is 0 Å². The molecule has 0 aliphatic heterocycles. The summed E-state index contributed by atoms with van der Waals surface area (Å²) in [5, 5.41) is 3.43. The van der Waals surface area contributed by atoms with Gasteiger partial charge in [-0.05, 0) is 30.7 Å². The van der Waals surface area contributed by atoms with E-state index < -0.39 is 5.63 Å². The van der Waals surface area contributed by atoms with Gasteiger partial charge in [-0.1, -0.05) is 29.3 Å². The number of rotatable bonds is 4. The van der Waals surface area contributed by atoms with Crippen LogP contribution in [0.4, 0.5) is 0 Å². The number of halogens is 1. The van der Waals surface area contributed by atoms with Crippen molar-refractivity contribution in [2.24, 2.45) is 0 Å². The molecule has 1 amide bonds. The molecule has 19 heavy (non-hydrogen) atoms. The van der Waals surface area contributed by atoms with Gasteiger partial charge in [0.15, 0.2) is 0 Å². The van der Waals surface area contributed by atoms with Crippen LogP contribution in [0.3, 0.4) is 0 Å². The molecule has 0 radical (unpaired) electrons. The largest absolute Gasteiger partial charge is 0.422 e. The van der Waals surface area contributed by atoms with Crippen LogP contribution in [0.5, 0.6) is 0 Å². The monoisotopic (exact) mass is 323 g/mol. The molecule has 5 heteroatoms. The second-order valence-electron chi connectivity index (χ2n) is 4.24. The highest BCUT2D eigenvalue weighted by molar-refractivity contribution is 9.10. The van der Waals surface area contributed by atoms with Crippen LogP contribution in [0.25, 0.3) is 11.0 Å². The fourth-order valence-electron chi connectivity index (χ4n) is 1.73. The molecular formula is C14H14BrNO3. The highest BCUT2D eigenvalue weighted by atomic mass is 79.9. The fraction of sp³-hybridized carbons (Fsp3) is 0.286. The zero-order valence-corrected chi connectivity index (χ0v) is 12.1. The lowest BCUT2D eigenvalue weighted by atomic mass is 10.2. The molecule has 1 N–H and O–H groups in total. The third-order valence-corrected chi connectivity index (χ3v) is 3.25. The lowest BCUT2D eigenvalue weighted by Crippen LogP contribution is -2.28. The van der Waals surface area contributed by atoms with Crippen molar-refractivity contribution in [2.45, 2.75) is 19.8 Å². The molecule has 4 nitrogen and oxygen atoms in total. The van der Waals surface area contributed by atoms with E-state index in [0.29, 0.717) is 12.1 Å². The molecule has 0 saturated carbocycles. The lowest BCUT2D eigenvalue weighted by molar-refractivity contribution is 0.0949. The Balaban J connectivity index is 2.35. The van der Waals surface area contributed by atoms with Gasteiger partial charge in [0, 0.05) is 16.4 Å².